The Morgan fingerprint density at radius 3 is 2.40 bits per heavy atom. The van der Waals surface area contributed by atoms with E-state index < -0.39 is 6.04 Å². The average Bonchev–Trinajstić information content (AvgIpc) is 3.17. The van der Waals surface area contributed by atoms with Gasteiger partial charge in [-0.3, -0.25) is 4.79 Å². The summed E-state index contributed by atoms with van der Waals surface area (Å²) in [6.45, 7) is 2.79. The van der Waals surface area contributed by atoms with Crippen LogP contribution in [0, 0.1) is 0 Å². The van der Waals surface area contributed by atoms with Crippen molar-refractivity contribution in [3.8, 4) is 5.75 Å². The second-order valence-corrected chi connectivity index (χ2v) is 7.19. The number of carbonyl (C=O) groups is 1. The van der Waals surface area contributed by atoms with Gasteiger partial charge in [0.05, 0.1) is 11.0 Å². The number of amides is 1. The summed E-state index contributed by atoms with van der Waals surface area (Å²) in [6, 6.07) is 27.2. The minimum atomic E-state index is -0.400. The van der Waals surface area contributed by atoms with Gasteiger partial charge in [0.2, 0.25) is 5.91 Å². The highest BCUT2D eigenvalue weighted by Crippen LogP contribution is 2.23. The van der Waals surface area contributed by atoms with Gasteiger partial charge >= 0.3 is 0 Å². The number of nitrogens with one attached hydrogen (secondary N) is 1. The first-order valence-electron chi connectivity index (χ1n) is 10.2. The molecule has 0 aliphatic carbocycles. The molecule has 0 unspecified atom stereocenters. The summed E-state index contributed by atoms with van der Waals surface area (Å²) in [5, 5.41) is 3.06. The molecule has 0 spiro atoms. The van der Waals surface area contributed by atoms with Crippen LogP contribution in [0.15, 0.2) is 84.9 Å². The number of imidazole rings is 1. The van der Waals surface area contributed by atoms with E-state index >= 15 is 0 Å². The second kappa shape index (κ2) is 9.27. The third-order valence-electron chi connectivity index (χ3n) is 5.10. The van der Waals surface area contributed by atoms with E-state index in [-0.39, 0.29) is 5.91 Å². The first-order valence-corrected chi connectivity index (χ1v) is 10.2. The van der Waals surface area contributed by atoms with Crippen molar-refractivity contribution in [1.82, 2.24) is 14.9 Å². The van der Waals surface area contributed by atoms with Crippen molar-refractivity contribution in [2.75, 3.05) is 6.54 Å². The van der Waals surface area contributed by atoms with Gasteiger partial charge in [-0.15, -0.1) is 0 Å². The molecule has 1 heterocycles. The van der Waals surface area contributed by atoms with Crippen LogP contribution in [0.25, 0.3) is 11.0 Å². The zero-order chi connectivity index (χ0) is 20.8. The Kier molecular flexibility index (Phi) is 6.09. The van der Waals surface area contributed by atoms with Gasteiger partial charge < -0.3 is 14.6 Å². The van der Waals surface area contributed by atoms with Gasteiger partial charge in [-0.2, -0.15) is 0 Å². The molecule has 5 heteroatoms. The Morgan fingerprint density at radius 1 is 0.967 bits per heavy atom. The van der Waals surface area contributed by atoms with Crippen LogP contribution in [-0.4, -0.2) is 22.0 Å². The summed E-state index contributed by atoms with van der Waals surface area (Å²) >= 11 is 0. The lowest BCUT2D eigenvalue weighted by Gasteiger charge is -2.18. The highest BCUT2D eigenvalue weighted by molar-refractivity contribution is 5.84. The van der Waals surface area contributed by atoms with Crippen LogP contribution in [0.4, 0.5) is 0 Å². The molecule has 0 fully saturated rings. The second-order valence-electron chi connectivity index (χ2n) is 7.19. The van der Waals surface area contributed by atoms with Gasteiger partial charge in [0.15, 0.2) is 0 Å². The molecule has 0 bridgehead atoms. The topological polar surface area (TPSA) is 56.2 Å². The molecule has 4 aromatic rings. The maximum Gasteiger partial charge on any atom is 0.242 e. The van der Waals surface area contributed by atoms with Crippen LogP contribution in [0.3, 0.4) is 0 Å². The number of ether oxygens (including phenoxy) is 1. The quantitative estimate of drug-likeness (QED) is 0.473. The maximum absolute atomic E-state index is 12.9. The van der Waals surface area contributed by atoms with Gasteiger partial charge in [0, 0.05) is 6.54 Å². The largest absolute Gasteiger partial charge is 0.486 e. The van der Waals surface area contributed by atoms with Gasteiger partial charge in [-0.1, -0.05) is 60.7 Å². The zero-order valence-electron chi connectivity index (χ0n) is 17.0. The molecule has 0 saturated heterocycles. The third-order valence-corrected chi connectivity index (χ3v) is 5.10. The molecular weight excluding hydrogens is 374 g/mol. The Labute approximate surface area is 176 Å². The molecule has 3 aromatic carbocycles. The minimum absolute atomic E-state index is 0.0324. The molecule has 1 aromatic heterocycles. The molecule has 1 atom stereocenters. The number of hydrogen-bond donors (Lipinski definition) is 1. The van der Waals surface area contributed by atoms with Crippen molar-refractivity contribution in [1.29, 1.82) is 0 Å². The van der Waals surface area contributed by atoms with Crippen molar-refractivity contribution < 1.29 is 9.53 Å². The van der Waals surface area contributed by atoms with E-state index in [0.717, 1.165) is 29.0 Å². The number of benzene rings is 3. The van der Waals surface area contributed by atoms with Crippen molar-refractivity contribution in [3.05, 3.63) is 96.3 Å². The van der Waals surface area contributed by atoms with Crippen molar-refractivity contribution in [2.24, 2.45) is 0 Å². The smallest absolute Gasteiger partial charge is 0.242 e. The summed E-state index contributed by atoms with van der Waals surface area (Å²) in [6.07, 6.45) is 0.800. The first kappa shape index (κ1) is 19.7. The lowest BCUT2D eigenvalue weighted by molar-refractivity contribution is -0.123. The first-order chi connectivity index (χ1) is 14.7. The number of rotatable bonds is 8. The highest BCUT2D eigenvalue weighted by Gasteiger charge is 2.21. The summed E-state index contributed by atoms with van der Waals surface area (Å²) < 4.78 is 7.88. The van der Waals surface area contributed by atoms with E-state index in [0.29, 0.717) is 13.2 Å². The molecule has 1 amide bonds. The molecule has 1 N–H and O–H groups in total. The van der Waals surface area contributed by atoms with Crippen molar-refractivity contribution >= 4 is 16.9 Å². The lowest BCUT2D eigenvalue weighted by Crippen LogP contribution is -2.33. The van der Waals surface area contributed by atoms with Gasteiger partial charge in [0.25, 0.3) is 0 Å². The molecule has 4 rings (SSSR count). The molecule has 0 radical (unpaired) electrons. The Morgan fingerprint density at radius 2 is 1.63 bits per heavy atom. The molecule has 0 aliphatic heterocycles. The van der Waals surface area contributed by atoms with E-state index in [1.807, 2.05) is 84.3 Å². The summed E-state index contributed by atoms with van der Waals surface area (Å²) in [4.78, 5) is 17.6. The molecule has 0 saturated carbocycles. The normalized spacial score (nSPS) is 11.9. The number of aromatic nitrogens is 2. The van der Waals surface area contributed by atoms with Crippen molar-refractivity contribution in [2.45, 2.75) is 26.0 Å². The van der Waals surface area contributed by atoms with Gasteiger partial charge in [-0.05, 0) is 43.2 Å². The van der Waals surface area contributed by atoms with Crippen LogP contribution < -0.4 is 10.1 Å². The summed E-state index contributed by atoms with van der Waals surface area (Å²) in [5.41, 5.74) is 2.98. The maximum atomic E-state index is 12.9. The van der Waals surface area contributed by atoms with E-state index in [9.17, 15) is 4.79 Å². The van der Waals surface area contributed by atoms with Gasteiger partial charge in [0.1, 0.15) is 24.2 Å². The van der Waals surface area contributed by atoms with Crippen LogP contribution in [-0.2, 0) is 17.8 Å². The standard InChI is InChI=1S/C25H25N3O2/c1-19(25(29)26-17-16-20-10-4-2-5-11-20)28-23-15-9-8-14-22(23)27-24(28)18-30-21-12-6-3-7-13-21/h2-15,19H,16-18H2,1H3,(H,26,29)/t19-/m1/s1. The SMILES string of the molecule is C[C@H](C(=O)NCCc1ccccc1)n1c(COc2ccccc2)nc2ccccc21. The predicted molar refractivity (Wildman–Crippen MR) is 118 cm³/mol. The van der Waals surface area contributed by atoms with E-state index in [1.54, 1.807) is 0 Å². The highest BCUT2D eigenvalue weighted by atomic mass is 16.5. The van der Waals surface area contributed by atoms with Gasteiger partial charge in [-0.25, -0.2) is 4.98 Å². The summed E-state index contributed by atoms with van der Waals surface area (Å²) in [5.74, 6) is 1.47. The van der Waals surface area contributed by atoms with Crippen LogP contribution >= 0.6 is 0 Å². The number of carbonyl (C=O) groups excluding carboxylic acids is 1. The fourth-order valence-corrected chi connectivity index (χ4v) is 3.53. The third kappa shape index (κ3) is 4.51. The fourth-order valence-electron chi connectivity index (χ4n) is 3.53. The molecular formula is C25H25N3O2. The van der Waals surface area contributed by atoms with Crippen LogP contribution in [0.5, 0.6) is 5.75 Å². The number of fused-ring (bicyclic) bond motifs is 1. The average molecular weight is 399 g/mol. The van der Waals surface area contributed by atoms with Crippen molar-refractivity contribution in [3.63, 3.8) is 0 Å². The number of hydrogen-bond acceptors (Lipinski definition) is 3. The monoisotopic (exact) mass is 399 g/mol. The molecule has 30 heavy (non-hydrogen) atoms. The lowest BCUT2D eigenvalue weighted by atomic mass is 10.1. The zero-order valence-corrected chi connectivity index (χ0v) is 17.0. The predicted octanol–water partition coefficient (Wildman–Crippen LogP) is 4.54. The minimum Gasteiger partial charge on any atom is -0.486 e. The van der Waals surface area contributed by atoms with Crippen LogP contribution in [0.2, 0.25) is 0 Å². The Bertz CT molecular complexity index is 1110. The van der Waals surface area contributed by atoms with E-state index in [2.05, 4.69) is 17.4 Å². The number of nitrogens with zero attached hydrogens (tertiary/aromatic N) is 2. The van der Waals surface area contributed by atoms with E-state index in [1.165, 1.54) is 5.56 Å². The van der Waals surface area contributed by atoms with E-state index in [4.69, 9.17) is 9.72 Å². The Balaban J connectivity index is 1.50. The Hall–Kier alpha value is -3.60. The molecule has 152 valence electrons. The van der Waals surface area contributed by atoms with Crippen LogP contribution in [0.1, 0.15) is 24.4 Å². The molecule has 5 nitrogen and oxygen atoms in total. The number of para-hydroxylation sites is 3. The fraction of sp³-hybridized carbons (Fsp3) is 0.200. The molecule has 0 aliphatic rings. The summed E-state index contributed by atoms with van der Waals surface area (Å²) in [7, 11) is 0.